The molecule has 0 aromatic rings. The van der Waals surface area contributed by atoms with Gasteiger partial charge in [-0.05, 0) is 24.4 Å². The number of halogens is 1. The second-order valence-electron chi connectivity index (χ2n) is 3.34. The first-order valence-electron chi connectivity index (χ1n) is 4.23. The summed E-state index contributed by atoms with van der Waals surface area (Å²) in [5.74, 6) is -1.24. The van der Waals surface area contributed by atoms with E-state index in [4.69, 9.17) is 21.1 Å². The number of carbonyl (C=O) groups excluding carboxylic acids is 2. The van der Waals surface area contributed by atoms with Crippen molar-refractivity contribution in [1.29, 1.82) is 0 Å². The van der Waals surface area contributed by atoms with Crippen LogP contribution in [0.25, 0.3) is 0 Å². The van der Waals surface area contributed by atoms with Gasteiger partial charge >= 0.3 is 17.2 Å². The van der Waals surface area contributed by atoms with Crippen molar-refractivity contribution >= 4 is 23.5 Å². The molecule has 0 aromatic heterocycles. The standard InChI is InChI=1S/C8H9ClO4/c9-8(5-2-1-3-5)12-6(10)4-7(11)13-8/h5H,1-4H2. The summed E-state index contributed by atoms with van der Waals surface area (Å²) in [6.07, 6.45) is 2.38. The number of alkyl halides is 1. The molecule has 0 bridgehead atoms. The highest BCUT2D eigenvalue weighted by atomic mass is 35.5. The predicted molar refractivity (Wildman–Crippen MR) is 42.7 cm³/mol. The smallest absolute Gasteiger partial charge is 0.340 e. The first-order valence-corrected chi connectivity index (χ1v) is 4.60. The van der Waals surface area contributed by atoms with E-state index in [1.807, 2.05) is 0 Å². The van der Waals surface area contributed by atoms with Gasteiger partial charge in [0.25, 0.3) is 0 Å². The molecule has 1 saturated carbocycles. The van der Waals surface area contributed by atoms with Crippen molar-refractivity contribution in [2.75, 3.05) is 0 Å². The average Bonchev–Trinajstić information content (AvgIpc) is 1.75. The lowest BCUT2D eigenvalue weighted by molar-refractivity contribution is -0.235. The van der Waals surface area contributed by atoms with Crippen LogP contribution in [0.2, 0.25) is 0 Å². The molecular weight excluding hydrogens is 196 g/mol. The SMILES string of the molecule is O=C1CC(=O)OC(Cl)(C2CCC2)O1. The monoisotopic (exact) mass is 204 g/mol. The highest BCUT2D eigenvalue weighted by Gasteiger charge is 2.50. The summed E-state index contributed by atoms with van der Waals surface area (Å²) in [6, 6.07) is 0. The Morgan fingerprint density at radius 2 is 1.77 bits per heavy atom. The quantitative estimate of drug-likeness (QED) is 0.366. The zero-order valence-electron chi connectivity index (χ0n) is 6.92. The van der Waals surface area contributed by atoms with E-state index < -0.39 is 17.2 Å². The molecule has 0 spiro atoms. The highest BCUT2D eigenvalue weighted by Crippen LogP contribution is 2.43. The van der Waals surface area contributed by atoms with Gasteiger partial charge in [0, 0.05) is 0 Å². The average molecular weight is 205 g/mol. The molecule has 72 valence electrons. The molecule has 0 N–H and O–H groups in total. The zero-order chi connectivity index (χ0) is 9.47. The van der Waals surface area contributed by atoms with E-state index in [0.717, 1.165) is 19.3 Å². The number of ether oxygens (including phenoxy) is 2. The molecule has 1 aliphatic carbocycles. The Morgan fingerprint density at radius 3 is 2.15 bits per heavy atom. The molecule has 5 heteroatoms. The van der Waals surface area contributed by atoms with E-state index in [-0.39, 0.29) is 12.3 Å². The van der Waals surface area contributed by atoms with Crippen LogP contribution in [-0.2, 0) is 19.1 Å². The Hall–Kier alpha value is -0.770. The van der Waals surface area contributed by atoms with E-state index in [2.05, 4.69) is 0 Å². The van der Waals surface area contributed by atoms with Gasteiger partial charge in [-0.2, -0.15) is 0 Å². The number of hydrogen-bond donors (Lipinski definition) is 0. The van der Waals surface area contributed by atoms with Crippen LogP contribution < -0.4 is 0 Å². The minimum absolute atomic E-state index is 0.0395. The fourth-order valence-electron chi connectivity index (χ4n) is 1.44. The van der Waals surface area contributed by atoms with E-state index in [1.165, 1.54) is 0 Å². The van der Waals surface area contributed by atoms with Gasteiger partial charge in [-0.1, -0.05) is 6.42 Å². The summed E-state index contributed by atoms with van der Waals surface area (Å²) in [5.41, 5.74) is 0. The van der Waals surface area contributed by atoms with Crippen LogP contribution >= 0.6 is 11.6 Å². The van der Waals surface area contributed by atoms with E-state index in [9.17, 15) is 9.59 Å². The van der Waals surface area contributed by atoms with E-state index in [1.54, 1.807) is 0 Å². The molecule has 13 heavy (non-hydrogen) atoms. The van der Waals surface area contributed by atoms with Gasteiger partial charge < -0.3 is 9.47 Å². The number of cyclic esters (lactones) is 2. The van der Waals surface area contributed by atoms with Crippen LogP contribution in [0, 0.1) is 5.92 Å². The fraction of sp³-hybridized carbons (Fsp3) is 0.750. The second kappa shape index (κ2) is 2.87. The number of rotatable bonds is 1. The molecule has 0 unspecified atom stereocenters. The number of esters is 2. The van der Waals surface area contributed by atoms with Crippen molar-refractivity contribution in [2.24, 2.45) is 5.92 Å². The van der Waals surface area contributed by atoms with Crippen LogP contribution in [-0.4, -0.2) is 17.2 Å². The fourth-order valence-corrected chi connectivity index (χ4v) is 1.83. The molecule has 4 nitrogen and oxygen atoms in total. The zero-order valence-corrected chi connectivity index (χ0v) is 7.67. The van der Waals surface area contributed by atoms with Crippen molar-refractivity contribution in [3.63, 3.8) is 0 Å². The summed E-state index contributed by atoms with van der Waals surface area (Å²) in [4.78, 5) is 21.9. The lowest BCUT2D eigenvalue weighted by Gasteiger charge is -2.40. The molecule has 1 saturated heterocycles. The van der Waals surface area contributed by atoms with E-state index >= 15 is 0 Å². The maximum atomic E-state index is 10.9. The Kier molecular flexibility index (Phi) is 1.95. The van der Waals surface area contributed by atoms with E-state index in [0.29, 0.717) is 0 Å². The van der Waals surface area contributed by atoms with Crippen molar-refractivity contribution in [3.8, 4) is 0 Å². The summed E-state index contributed by atoms with van der Waals surface area (Å²) >= 11 is 5.88. The molecule has 0 aromatic carbocycles. The Bertz CT molecular complexity index is 243. The summed E-state index contributed by atoms with van der Waals surface area (Å²) in [6.45, 7) is 0. The maximum Gasteiger partial charge on any atom is 0.340 e. The molecular formula is C8H9ClO4. The van der Waals surface area contributed by atoms with Crippen LogP contribution in [0.5, 0.6) is 0 Å². The first kappa shape index (κ1) is 8.81. The number of hydrogen-bond acceptors (Lipinski definition) is 4. The Labute approximate surface area is 80.1 Å². The third-order valence-corrected chi connectivity index (χ3v) is 2.85. The molecule has 1 heterocycles. The van der Waals surface area contributed by atoms with Crippen LogP contribution in [0.3, 0.4) is 0 Å². The third kappa shape index (κ3) is 1.50. The summed E-state index contributed by atoms with van der Waals surface area (Å²) in [7, 11) is 0. The predicted octanol–water partition coefficient (Wildman–Crippen LogP) is 1.17. The normalized spacial score (nSPS) is 27.5. The van der Waals surface area contributed by atoms with Crippen molar-refractivity contribution in [3.05, 3.63) is 0 Å². The molecule has 0 atom stereocenters. The van der Waals surface area contributed by atoms with Crippen LogP contribution in [0.1, 0.15) is 25.7 Å². The van der Waals surface area contributed by atoms with Gasteiger partial charge in [-0.25, -0.2) is 0 Å². The van der Waals surface area contributed by atoms with Crippen molar-refractivity contribution < 1.29 is 19.1 Å². The van der Waals surface area contributed by atoms with Crippen LogP contribution in [0.4, 0.5) is 0 Å². The van der Waals surface area contributed by atoms with Gasteiger partial charge in [0.2, 0.25) is 0 Å². The molecule has 1 aliphatic heterocycles. The van der Waals surface area contributed by atoms with Crippen molar-refractivity contribution in [2.45, 2.75) is 30.9 Å². The second-order valence-corrected chi connectivity index (χ2v) is 3.86. The third-order valence-electron chi connectivity index (χ3n) is 2.39. The lowest BCUT2D eigenvalue weighted by atomic mass is 9.84. The minimum atomic E-state index is -1.51. The first-order chi connectivity index (χ1) is 6.10. The Morgan fingerprint density at radius 1 is 1.23 bits per heavy atom. The highest BCUT2D eigenvalue weighted by molar-refractivity contribution is 6.24. The molecule has 2 fully saturated rings. The van der Waals surface area contributed by atoms with Gasteiger partial charge in [-0.15, -0.1) is 0 Å². The van der Waals surface area contributed by atoms with Crippen molar-refractivity contribution in [1.82, 2.24) is 0 Å². The van der Waals surface area contributed by atoms with Gasteiger partial charge in [0.05, 0.1) is 5.92 Å². The van der Waals surface area contributed by atoms with Gasteiger partial charge in [-0.3, -0.25) is 9.59 Å². The van der Waals surface area contributed by atoms with Gasteiger partial charge in [0.1, 0.15) is 6.42 Å². The molecule has 0 radical (unpaired) electrons. The Balaban J connectivity index is 2.11. The topological polar surface area (TPSA) is 52.6 Å². The summed E-state index contributed by atoms with van der Waals surface area (Å²) in [5, 5.41) is -1.51. The van der Waals surface area contributed by atoms with Crippen LogP contribution in [0.15, 0.2) is 0 Å². The summed E-state index contributed by atoms with van der Waals surface area (Å²) < 4.78 is 9.66. The molecule has 2 aliphatic rings. The lowest BCUT2D eigenvalue weighted by Crippen LogP contribution is -2.48. The minimum Gasteiger partial charge on any atom is -0.407 e. The van der Waals surface area contributed by atoms with Gasteiger partial charge in [0.15, 0.2) is 0 Å². The molecule has 0 amide bonds. The largest absolute Gasteiger partial charge is 0.407 e. The molecule has 2 rings (SSSR count). The maximum absolute atomic E-state index is 10.9. The number of carbonyl (C=O) groups is 2.